The Labute approximate surface area is 134 Å². The van der Waals surface area contributed by atoms with Crippen LogP contribution in [0.3, 0.4) is 0 Å². The lowest BCUT2D eigenvalue weighted by molar-refractivity contribution is -0.105. The van der Waals surface area contributed by atoms with E-state index >= 15 is 0 Å². The number of anilines is 1. The summed E-state index contributed by atoms with van der Waals surface area (Å²) in [6.45, 7) is 0. The molecule has 0 saturated carbocycles. The summed E-state index contributed by atoms with van der Waals surface area (Å²) in [5.41, 5.74) is 0.671. The summed E-state index contributed by atoms with van der Waals surface area (Å²) in [5, 5.41) is 3.01. The Bertz CT molecular complexity index is 676. The number of halogens is 4. The number of rotatable bonds is 4. The summed E-state index contributed by atoms with van der Waals surface area (Å²) in [6, 6.07) is 12.7. The molecule has 0 aliphatic carbocycles. The molecule has 0 fully saturated rings. The number of carbonyl (C=O) groups is 1. The van der Waals surface area contributed by atoms with E-state index in [-0.39, 0.29) is 0 Å². The Morgan fingerprint density at radius 2 is 1.86 bits per heavy atom. The van der Waals surface area contributed by atoms with E-state index in [0.29, 0.717) is 32.9 Å². The molecule has 0 aliphatic heterocycles. The van der Waals surface area contributed by atoms with Crippen LogP contribution in [0.15, 0.2) is 53.4 Å². The molecule has 0 aliphatic rings. The van der Waals surface area contributed by atoms with Crippen LogP contribution < -0.4 is 5.32 Å². The Morgan fingerprint density at radius 1 is 1.14 bits per heavy atom. The highest BCUT2D eigenvalue weighted by molar-refractivity contribution is 7.99. The molecule has 0 unspecified atom stereocenters. The average molecular weight is 346 g/mol. The standard InChI is InChI=1S/C15H11ClF3NOS/c16-11-5-3-4-10(8-11)14(21)20-12-6-1-2-7-13(12)22-9-15(17,18)19/h1-8H,9H2,(H,20,21). The van der Waals surface area contributed by atoms with Crippen LogP contribution in [0.4, 0.5) is 18.9 Å². The van der Waals surface area contributed by atoms with Gasteiger partial charge < -0.3 is 5.32 Å². The fraction of sp³-hybridized carbons (Fsp3) is 0.133. The third-order valence-electron chi connectivity index (χ3n) is 2.61. The van der Waals surface area contributed by atoms with Crippen LogP contribution in [0.25, 0.3) is 0 Å². The second kappa shape index (κ2) is 7.07. The van der Waals surface area contributed by atoms with Gasteiger partial charge in [-0.25, -0.2) is 0 Å². The number of nitrogens with one attached hydrogen (secondary N) is 1. The molecular weight excluding hydrogens is 335 g/mol. The van der Waals surface area contributed by atoms with E-state index < -0.39 is 17.8 Å². The van der Waals surface area contributed by atoms with Gasteiger partial charge in [-0.2, -0.15) is 13.2 Å². The molecule has 0 atom stereocenters. The van der Waals surface area contributed by atoms with Crippen LogP contribution >= 0.6 is 23.4 Å². The van der Waals surface area contributed by atoms with Gasteiger partial charge in [-0.3, -0.25) is 4.79 Å². The van der Waals surface area contributed by atoms with Crippen LogP contribution in [0, 0.1) is 0 Å². The largest absolute Gasteiger partial charge is 0.398 e. The zero-order valence-electron chi connectivity index (χ0n) is 11.2. The minimum absolute atomic E-state index is 0.335. The van der Waals surface area contributed by atoms with Crippen molar-refractivity contribution in [2.75, 3.05) is 11.1 Å². The number of thioether (sulfide) groups is 1. The monoisotopic (exact) mass is 345 g/mol. The third kappa shape index (κ3) is 4.96. The van der Waals surface area contributed by atoms with Gasteiger partial charge in [0.25, 0.3) is 5.91 Å². The predicted octanol–water partition coefficient (Wildman–Crippen LogP) is 5.25. The van der Waals surface area contributed by atoms with Gasteiger partial charge in [-0.05, 0) is 30.3 Å². The molecule has 2 nitrogen and oxygen atoms in total. The van der Waals surface area contributed by atoms with E-state index in [1.54, 1.807) is 36.4 Å². The Morgan fingerprint density at radius 3 is 2.55 bits per heavy atom. The van der Waals surface area contributed by atoms with E-state index in [1.807, 2.05) is 0 Å². The Hall–Kier alpha value is -1.66. The van der Waals surface area contributed by atoms with Gasteiger partial charge in [-0.1, -0.05) is 29.8 Å². The fourth-order valence-electron chi connectivity index (χ4n) is 1.68. The zero-order chi connectivity index (χ0) is 16.2. The van der Waals surface area contributed by atoms with Gasteiger partial charge in [0.05, 0.1) is 11.4 Å². The van der Waals surface area contributed by atoms with Crippen LogP contribution in [0.5, 0.6) is 0 Å². The maximum absolute atomic E-state index is 12.3. The van der Waals surface area contributed by atoms with Crippen LogP contribution in [-0.4, -0.2) is 17.8 Å². The molecule has 7 heteroatoms. The molecule has 2 rings (SSSR count). The number of amides is 1. The molecule has 0 saturated heterocycles. The van der Waals surface area contributed by atoms with Crippen molar-refractivity contribution in [1.29, 1.82) is 0 Å². The molecule has 116 valence electrons. The third-order valence-corrected chi connectivity index (χ3v) is 3.99. The number of carbonyl (C=O) groups excluding carboxylic acids is 1. The van der Waals surface area contributed by atoms with Crippen molar-refractivity contribution in [2.45, 2.75) is 11.1 Å². The van der Waals surface area contributed by atoms with Crippen molar-refractivity contribution < 1.29 is 18.0 Å². The highest BCUT2D eigenvalue weighted by atomic mass is 35.5. The smallest absolute Gasteiger partial charge is 0.321 e. The normalized spacial score (nSPS) is 11.3. The van der Waals surface area contributed by atoms with Crippen molar-refractivity contribution in [3.8, 4) is 0 Å². The average Bonchev–Trinajstić information content (AvgIpc) is 2.45. The van der Waals surface area contributed by atoms with Crippen molar-refractivity contribution in [2.24, 2.45) is 0 Å². The Balaban J connectivity index is 2.14. The van der Waals surface area contributed by atoms with E-state index in [0.717, 1.165) is 0 Å². The SMILES string of the molecule is O=C(Nc1ccccc1SCC(F)(F)F)c1cccc(Cl)c1. The maximum Gasteiger partial charge on any atom is 0.398 e. The molecule has 0 aromatic heterocycles. The van der Waals surface area contributed by atoms with Crippen molar-refractivity contribution in [3.63, 3.8) is 0 Å². The van der Waals surface area contributed by atoms with Gasteiger partial charge in [0.2, 0.25) is 0 Å². The fourth-order valence-corrected chi connectivity index (χ4v) is 2.64. The molecule has 0 bridgehead atoms. The summed E-state index contributed by atoms with van der Waals surface area (Å²) >= 11 is 6.44. The first-order valence-corrected chi connectivity index (χ1v) is 7.57. The van der Waals surface area contributed by atoms with Gasteiger partial charge >= 0.3 is 6.18 Å². The minimum atomic E-state index is -4.27. The van der Waals surface area contributed by atoms with E-state index in [4.69, 9.17) is 11.6 Å². The van der Waals surface area contributed by atoms with E-state index in [2.05, 4.69) is 5.32 Å². The first-order valence-electron chi connectivity index (χ1n) is 6.21. The van der Waals surface area contributed by atoms with Gasteiger partial charge in [0.15, 0.2) is 0 Å². The summed E-state index contributed by atoms with van der Waals surface area (Å²) in [5.74, 6) is -1.45. The van der Waals surface area contributed by atoms with Crippen molar-refractivity contribution in [1.82, 2.24) is 0 Å². The quantitative estimate of drug-likeness (QED) is 0.767. The van der Waals surface area contributed by atoms with Crippen molar-refractivity contribution in [3.05, 3.63) is 59.1 Å². The van der Waals surface area contributed by atoms with Gasteiger partial charge in [0, 0.05) is 15.5 Å². The lowest BCUT2D eigenvalue weighted by Gasteiger charge is -2.12. The van der Waals surface area contributed by atoms with Crippen LogP contribution in [0.2, 0.25) is 5.02 Å². The molecule has 0 radical (unpaired) electrons. The Kier molecular flexibility index (Phi) is 5.37. The van der Waals surface area contributed by atoms with E-state index in [1.165, 1.54) is 12.1 Å². The molecule has 2 aromatic rings. The molecule has 22 heavy (non-hydrogen) atoms. The van der Waals surface area contributed by atoms with E-state index in [9.17, 15) is 18.0 Å². The molecule has 1 amide bonds. The summed E-state index contributed by atoms with van der Waals surface area (Å²) in [4.78, 5) is 12.5. The number of para-hydroxylation sites is 1. The molecule has 0 spiro atoms. The number of alkyl halides is 3. The molecular formula is C15H11ClF3NOS. The first kappa shape index (κ1) is 16.7. The lowest BCUT2D eigenvalue weighted by atomic mass is 10.2. The molecule has 1 N–H and O–H groups in total. The maximum atomic E-state index is 12.3. The summed E-state index contributed by atoms with van der Waals surface area (Å²) < 4.78 is 37.0. The summed E-state index contributed by atoms with van der Waals surface area (Å²) in [6.07, 6.45) is -4.27. The van der Waals surface area contributed by atoms with Crippen molar-refractivity contribution >= 4 is 35.0 Å². The zero-order valence-corrected chi connectivity index (χ0v) is 12.7. The highest BCUT2D eigenvalue weighted by Gasteiger charge is 2.27. The van der Waals surface area contributed by atoms with Crippen LogP contribution in [0.1, 0.15) is 10.4 Å². The van der Waals surface area contributed by atoms with Crippen LogP contribution in [-0.2, 0) is 0 Å². The minimum Gasteiger partial charge on any atom is -0.321 e. The molecule has 0 heterocycles. The number of benzene rings is 2. The van der Waals surface area contributed by atoms with Gasteiger partial charge in [-0.15, -0.1) is 11.8 Å². The second-order valence-electron chi connectivity index (χ2n) is 4.36. The number of hydrogen-bond acceptors (Lipinski definition) is 2. The second-order valence-corrected chi connectivity index (χ2v) is 5.82. The molecule has 2 aromatic carbocycles. The predicted molar refractivity (Wildman–Crippen MR) is 82.6 cm³/mol. The lowest BCUT2D eigenvalue weighted by Crippen LogP contribution is -2.14. The van der Waals surface area contributed by atoms with Gasteiger partial charge in [0.1, 0.15) is 0 Å². The highest BCUT2D eigenvalue weighted by Crippen LogP contribution is 2.32. The first-order chi connectivity index (χ1) is 10.3. The topological polar surface area (TPSA) is 29.1 Å². The number of hydrogen-bond donors (Lipinski definition) is 1. The summed E-state index contributed by atoms with van der Waals surface area (Å²) in [7, 11) is 0.